The summed E-state index contributed by atoms with van der Waals surface area (Å²) in [7, 11) is -2.66. The first kappa shape index (κ1) is 26.0. The average molecular weight is 512 g/mol. The minimum Gasteiger partial charge on any atom is -0.495 e. The van der Waals surface area contributed by atoms with Crippen LogP contribution in [0.5, 0.6) is 11.5 Å². The van der Waals surface area contributed by atoms with E-state index in [0.29, 0.717) is 18.0 Å². The molecule has 0 saturated heterocycles. The van der Waals surface area contributed by atoms with Gasteiger partial charge in [0.2, 0.25) is 5.71 Å². The van der Waals surface area contributed by atoms with Crippen molar-refractivity contribution in [3.8, 4) is 17.6 Å². The van der Waals surface area contributed by atoms with Crippen molar-refractivity contribution in [2.45, 2.75) is 11.8 Å². The van der Waals surface area contributed by atoms with Gasteiger partial charge in [0.05, 0.1) is 30.0 Å². The third-order valence-corrected chi connectivity index (χ3v) is 6.01. The SMILES string of the molecule is CCOc1ccc(NS(=O)(=O)c2ccc(OC)c(N/N=C(\C#N)C(=O)Nc3ccccc3F)c2)cc1. The zero-order valence-electron chi connectivity index (χ0n) is 19.3. The number of ether oxygens (including phenoxy) is 2. The molecule has 0 heterocycles. The van der Waals surface area contributed by atoms with Crippen molar-refractivity contribution in [2.24, 2.45) is 5.10 Å². The van der Waals surface area contributed by atoms with Crippen LogP contribution in [0, 0.1) is 17.1 Å². The molecule has 0 atom stereocenters. The van der Waals surface area contributed by atoms with Crippen LogP contribution in [-0.2, 0) is 14.8 Å². The Morgan fingerprint density at radius 2 is 1.81 bits per heavy atom. The smallest absolute Gasteiger partial charge is 0.287 e. The fourth-order valence-electron chi connectivity index (χ4n) is 2.93. The fraction of sp³-hybridized carbons (Fsp3) is 0.125. The van der Waals surface area contributed by atoms with Gasteiger partial charge >= 0.3 is 0 Å². The Labute approximate surface area is 207 Å². The topological polar surface area (TPSA) is 142 Å². The van der Waals surface area contributed by atoms with Crippen LogP contribution in [0.4, 0.5) is 21.5 Å². The van der Waals surface area contributed by atoms with Gasteiger partial charge in [-0.2, -0.15) is 10.4 Å². The molecule has 36 heavy (non-hydrogen) atoms. The third kappa shape index (κ3) is 6.49. The van der Waals surface area contributed by atoms with Gasteiger partial charge in [0.25, 0.3) is 15.9 Å². The van der Waals surface area contributed by atoms with Crippen LogP contribution in [0.25, 0.3) is 0 Å². The third-order valence-electron chi connectivity index (χ3n) is 4.63. The monoisotopic (exact) mass is 511 g/mol. The molecule has 186 valence electrons. The van der Waals surface area contributed by atoms with E-state index in [-0.39, 0.29) is 22.0 Å². The molecule has 3 N–H and O–H groups in total. The van der Waals surface area contributed by atoms with Crippen molar-refractivity contribution in [1.29, 1.82) is 5.26 Å². The van der Waals surface area contributed by atoms with E-state index >= 15 is 0 Å². The Morgan fingerprint density at radius 1 is 1.08 bits per heavy atom. The van der Waals surface area contributed by atoms with E-state index < -0.39 is 27.5 Å². The van der Waals surface area contributed by atoms with E-state index in [1.54, 1.807) is 30.3 Å². The first-order valence-corrected chi connectivity index (χ1v) is 12.0. The number of hydrogen-bond donors (Lipinski definition) is 3. The number of carbonyl (C=O) groups excluding carboxylic acids is 1. The van der Waals surface area contributed by atoms with E-state index in [2.05, 4.69) is 20.6 Å². The lowest BCUT2D eigenvalue weighted by atomic mass is 10.3. The van der Waals surface area contributed by atoms with E-state index in [1.807, 2.05) is 6.92 Å². The fourth-order valence-corrected chi connectivity index (χ4v) is 4.01. The molecular formula is C24H22FN5O5S. The Balaban J connectivity index is 1.81. The molecule has 0 aliphatic rings. The second-order valence-electron chi connectivity index (χ2n) is 7.04. The average Bonchev–Trinajstić information content (AvgIpc) is 2.87. The number of hydrazone groups is 1. The van der Waals surface area contributed by atoms with Gasteiger partial charge in [0, 0.05) is 5.69 Å². The summed E-state index contributed by atoms with van der Waals surface area (Å²) in [6.45, 7) is 2.32. The molecule has 0 aliphatic carbocycles. The minimum absolute atomic E-state index is 0.0681. The second kappa shape index (κ2) is 11.7. The molecule has 3 rings (SSSR count). The minimum atomic E-state index is -4.01. The summed E-state index contributed by atoms with van der Waals surface area (Å²) in [6, 6.07) is 17.4. The standard InChI is InChI=1S/C24H22FN5O5S/c1-3-35-17-10-8-16(9-11-17)30-36(32,33)18-12-13-23(34-2)21(14-18)28-29-22(15-26)24(31)27-20-7-5-4-6-19(20)25/h4-14,28,30H,3H2,1-2H3,(H,27,31)/b29-22+. The second-order valence-corrected chi connectivity index (χ2v) is 8.73. The number of halogens is 1. The van der Waals surface area contributed by atoms with Crippen molar-refractivity contribution >= 4 is 38.7 Å². The Hall–Kier alpha value is -4.63. The van der Waals surface area contributed by atoms with Crippen molar-refractivity contribution in [3.63, 3.8) is 0 Å². The van der Waals surface area contributed by atoms with Crippen LogP contribution in [0.15, 0.2) is 76.7 Å². The summed E-state index contributed by atoms with van der Waals surface area (Å²) < 4.78 is 52.6. The van der Waals surface area contributed by atoms with E-state index in [0.717, 1.165) is 6.07 Å². The molecule has 3 aromatic rings. The molecule has 0 radical (unpaired) electrons. The quantitative estimate of drug-likeness (QED) is 0.276. The Morgan fingerprint density at radius 3 is 2.44 bits per heavy atom. The highest BCUT2D eigenvalue weighted by Crippen LogP contribution is 2.29. The maximum absolute atomic E-state index is 13.8. The zero-order valence-corrected chi connectivity index (χ0v) is 20.1. The lowest BCUT2D eigenvalue weighted by Crippen LogP contribution is -2.23. The van der Waals surface area contributed by atoms with Gasteiger partial charge in [-0.15, -0.1) is 0 Å². The highest BCUT2D eigenvalue weighted by Gasteiger charge is 2.18. The van der Waals surface area contributed by atoms with Crippen molar-refractivity contribution < 1.29 is 27.1 Å². The number of nitrogens with zero attached hydrogens (tertiary/aromatic N) is 2. The molecule has 0 unspecified atom stereocenters. The van der Waals surface area contributed by atoms with E-state index in [4.69, 9.17) is 9.47 Å². The molecule has 0 aromatic heterocycles. The number of amides is 1. The number of hydrogen-bond acceptors (Lipinski definition) is 8. The van der Waals surface area contributed by atoms with Gasteiger partial charge in [-0.3, -0.25) is 14.9 Å². The van der Waals surface area contributed by atoms with Crippen molar-refractivity contribution in [3.05, 3.63) is 72.5 Å². The van der Waals surface area contributed by atoms with Crippen LogP contribution in [0.2, 0.25) is 0 Å². The molecule has 3 aromatic carbocycles. The van der Waals surface area contributed by atoms with E-state index in [9.17, 15) is 22.9 Å². The summed E-state index contributed by atoms with van der Waals surface area (Å²) in [6.07, 6.45) is 0. The number of sulfonamides is 1. The maximum atomic E-state index is 13.8. The van der Waals surface area contributed by atoms with Gasteiger partial charge < -0.3 is 14.8 Å². The van der Waals surface area contributed by atoms with Gasteiger partial charge in [-0.25, -0.2) is 12.8 Å². The van der Waals surface area contributed by atoms with Crippen LogP contribution in [0.1, 0.15) is 6.92 Å². The number of para-hydroxylation sites is 1. The zero-order chi connectivity index (χ0) is 26.1. The summed E-state index contributed by atoms with van der Waals surface area (Å²) in [4.78, 5) is 12.2. The molecule has 10 nitrogen and oxygen atoms in total. The summed E-state index contributed by atoms with van der Waals surface area (Å²) >= 11 is 0. The molecule has 0 aliphatic heterocycles. The number of benzene rings is 3. The normalized spacial score (nSPS) is 11.2. The summed E-state index contributed by atoms with van der Waals surface area (Å²) in [5, 5.41) is 15.3. The van der Waals surface area contributed by atoms with Crippen LogP contribution < -0.4 is 24.9 Å². The molecule has 0 bridgehead atoms. The maximum Gasteiger partial charge on any atom is 0.287 e. The van der Waals surface area contributed by atoms with Gasteiger partial charge in [0.1, 0.15) is 23.4 Å². The van der Waals surface area contributed by atoms with Gasteiger partial charge in [0.15, 0.2) is 0 Å². The van der Waals surface area contributed by atoms with Crippen LogP contribution in [0.3, 0.4) is 0 Å². The van der Waals surface area contributed by atoms with E-state index in [1.165, 1.54) is 43.5 Å². The van der Waals surface area contributed by atoms with Crippen molar-refractivity contribution in [1.82, 2.24) is 0 Å². The van der Waals surface area contributed by atoms with Crippen molar-refractivity contribution in [2.75, 3.05) is 29.2 Å². The number of nitrogens with one attached hydrogen (secondary N) is 3. The number of nitriles is 1. The number of methoxy groups -OCH3 is 1. The van der Waals surface area contributed by atoms with Gasteiger partial charge in [-0.05, 0) is 61.5 Å². The molecule has 0 fully saturated rings. The summed E-state index contributed by atoms with van der Waals surface area (Å²) in [5.41, 5.74) is 2.11. The largest absolute Gasteiger partial charge is 0.495 e. The summed E-state index contributed by atoms with van der Waals surface area (Å²) in [5.74, 6) is -0.849. The Kier molecular flexibility index (Phi) is 8.43. The number of anilines is 3. The first-order valence-electron chi connectivity index (χ1n) is 10.5. The highest BCUT2D eigenvalue weighted by molar-refractivity contribution is 7.92. The number of rotatable bonds is 10. The number of carbonyl (C=O) groups is 1. The first-order chi connectivity index (χ1) is 17.3. The molecule has 0 saturated carbocycles. The highest BCUT2D eigenvalue weighted by atomic mass is 32.2. The van der Waals surface area contributed by atoms with Crippen LogP contribution >= 0.6 is 0 Å². The molecular weight excluding hydrogens is 489 g/mol. The van der Waals surface area contributed by atoms with Gasteiger partial charge in [-0.1, -0.05) is 12.1 Å². The predicted molar refractivity (Wildman–Crippen MR) is 133 cm³/mol. The molecule has 0 spiro atoms. The Bertz CT molecular complexity index is 1420. The predicted octanol–water partition coefficient (Wildman–Crippen LogP) is 3.96. The molecule has 1 amide bonds. The molecule has 12 heteroatoms. The van der Waals surface area contributed by atoms with Crippen LogP contribution in [-0.4, -0.2) is 33.8 Å². The lowest BCUT2D eigenvalue weighted by molar-refractivity contribution is -0.110. The lowest BCUT2D eigenvalue weighted by Gasteiger charge is -2.13.